The zero-order valence-electron chi connectivity index (χ0n) is 7.21. The summed E-state index contributed by atoms with van der Waals surface area (Å²) in [4.78, 5) is 10.8. The summed E-state index contributed by atoms with van der Waals surface area (Å²) < 4.78 is 0. The van der Waals surface area contributed by atoms with Crippen LogP contribution in [-0.2, 0) is 0 Å². The van der Waals surface area contributed by atoms with Crippen LogP contribution in [0.5, 0.6) is 0 Å². The topological polar surface area (TPSA) is 74.5 Å². The molecule has 0 radical (unpaired) electrons. The lowest BCUT2D eigenvalue weighted by Crippen LogP contribution is -1.89. The summed E-state index contributed by atoms with van der Waals surface area (Å²) in [5, 5.41) is 4.13. The van der Waals surface area contributed by atoms with Gasteiger partial charge in [-0.25, -0.2) is 9.97 Å². The van der Waals surface area contributed by atoms with Crippen LogP contribution in [0.4, 0.5) is 0 Å². The van der Waals surface area contributed by atoms with E-state index in [1.54, 1.807) is 12.4 Å². The lowest BCUT2D eigenvalue weighted by Gasteiger charge is -1.96. The first-order chi connectivity index (χ1) is 6.33. The molecule has 1 aromatic heterocycles. The molecule has 0 aliphatic heterocycles. The maximum Gasteiger partial charge on any atom is 0.187 e. The molecule has 6 heteroatoms. The monoisotopic (exact) mass is 195 g/mol. The van der Waals surface area contributed by atoms with Gasteiger partial charge in [0.15, 0.2) is 5.16 Å². The van der Waals surface area contributed by atoms with E-state index in [1.165, 1.54) is 11.8 Å². The van der Waals surface area contributed by atoms with Crippen molar-refractivity contribution in [3.63, 3.8) is 0 Å². The fourth-order valence-corrected chi connectivity index (χ4v) is 1.29. The minimum absolute atomic E-state index is 0.471. The van der Waals surface area contributed by atoms with E-state index in [-0.39, 0.29) is 0 Å². The second-order valence-electron chi connectivity index (χ2n) is 2.35. The predicted molar refractivity (Wildman–Crippen MR) is 51.5 cm³/mol. The first-order valence-corrected chi connectivity index (χ1v) is 4.74. The molecule has 13 heavy (non-hydrogen) atoms. The van der Waals surface area contributed by atoms with E-state index in [2.05, 4.69) is 20.0 Å². The zero-order chi connectivity index (χ0) is 9.52. The van der Waals surface area contributed by atoms with Crippen LogP contribution in [0.1, 0.15) is 5.56 Å². The summed E-state index contributed by atoms with van der Waals surface area (Å²) in [6, 6.07) is 0. The van der Waals surface area contributed by atoms with Gasteiger partial charge in [0.1, 0.15) is 0 Å². The number of hydrogen-bond acceptors (Lipinski definition) is 4. The van der Waals surface area contributed by atoms with E-state index in [1.807, 2.05) is 6.92 Å². The Balaban J connectivity index is 2.37. The summed E-state index contributed by atoms with van der Waals surface area (Å²) in [5.74, 6) is 0.715. The Hall–Kier alpha value is -1.26. The van der Waals surface area contributed by atoms with Crippen LogP contribution in [0.3, 0.4) is 0 Å². The highest BCUT2D eigenvalue weighted by Gasteiger charge is 1.94. The smallest absolute Gasteiger partial charge is 0.187 e. The average molecular weight is 195 g/mol. The molecule has 0 saturated carbocycles. The summed E-state index contributed by atoms with van der Waals surface area (Å²) in [5.41, 5.74) is 9.06. The fourth-order valence-electron chi connectivity index (χ4n) is 0.678. The summed E-state index contributed by atoms with van der Waals surface area (Å²) in [7, 11) is 0. The van der Waals surface area contributed by atoms with Gasteiger partial charge in [-0.3, -0.25) is 0 Å². The molecule has 0 spiro atoms. The third-order valence-corrected chi connectivity index (χ3v) is 2.10. The predicted octanol–water partition coefficient (Wildman–Crippen LogP) is 2.19. The number of rotatable bonds is 4. The molecule has 0 atom stereocenters. The van der Waals surface area contributed by atoms with Crippen LogP contribution in [0, 0.1) is 6.92 Å². The SMILES string of the molecule is Cc1cnc(SCCN=[N+]=[N-])nc1. The molecule has 0 saturated heterocycles. The Labute approximate surface area is 80.2 Å². The third-order valence-electron chi connectivity index (χ3n) is 1.24. The van der Waals surface area contributed by atoms with E-state index in [0.717, 1.165) is 10.7 Å². The molecular weight excluding hydrogens is 186 g/mol. The van der Waals surface area contributed by atoms with E-state index in [4.69, 9.17) is 5.53 Å². The maximum absolute atomic E-state index is 8.02. The summed E-state index contributed by atoms with van der Waals surface area (Å²) in [6.45, 7) is 2.41. The lowest BCUT2D eigenvalue weighted by atomic mass is 10.4. The van der Waals surface area contributed by atoms with E-state index < -0.39 is 0 Å². The minimum atomic E-state index is 0.471. The van der Waals surface area contributed by atoms with Gasteiger partial charge in [0.2, 0.25) is 0 Å². The van der Waals surface area contributed by atoms with Crippen molar-refractivity contribution in [1.29, 1.82) is 0 Å². The van der Waals surface area contributed by atoms with Crippen molar-refractivity contribution in [1.82, 2.24) is 9.97 Å². The Morgan fingerprint density at radius 3 is 2.85 bits per heavy atom. The van der Waals surface area contributed by atoms with Crippen LogP contribution in [0.15, 0.2) is 22.7 Å². The van der Waals surface area contributed by atoms with Gasteiger partial charge in [-0.2, -0.15) is 0 Å². The van der Waals surface area contributed by atoms with Gasteiger partial charge in [0.25, 0.3) is 0 Å². The number of azide groups is 1. The van der Waals surface area contributed by atoms with Crippen molar-refractivity contribution >= 4 is 11.8 Å². The molecule has 0 fully saturated rings. The molecule has 0 aromatic carbocycles. The highest BCUT2D eigenvalue weighted by Crippen LogP contribution is 2.10. The van der Waals surface area contributed by atoms with E-state index >= 15 is 0 Å². The molecule has 0 aliphatic rings. The Morgan fingerprint density at radius 2 is 2.23 bits per heavy atom. The van der Waals surface area contributed by atoms with Crippen LogP contribution in [0.25, 0.3) is 10.4 Å². The molecule has 5 nitrogen and oxygen atoms in total. The maximum atomic E-state index is 8.02. The first-order valence-electron chi connectivity index (χ1n) is 3.75. The molecule has 0 bridgehead atoms. The largest absolute Gasteiger partial charge is 0.231 e. The number of hydrogen-bond donors (Lipinski definition) is 0. The quantitative estimate of drug-likeness (QED) is 0.184. The van der Waals surface area contributed by atoms with Gasteiger partial charge in [-0.05, 0) is 18.0 Å². The van der Waals surface area contributed by atoms with E-state index in [0.29, 0.717) is 12.3 Å². The minimum Gasteiger partial charge on any atom is -0.231 e. The number of aromatic nitrogens is 2. The van der Waals surface area contributed by atoms with Crippen molar-refractivity contribution in [2.45, 2.75) is 12.1 Å². The molecule has 0 aliphatic carbocycles. The number of nitrogens with zero attached hydrogens (tertiary/aromatic N) is 5. The Kier molecular flexibility index (Phi) is 4.08. The average Bonchev–Trinajstić information content (AvgIpc) is 2.15. The van der Waals surface area contributed by atoms with Crippen LogP contribution >= 0.6 is 11.8 Å². The Morgan fingerprint density at radius 1 is 1.54 bits per heavy atom. The molecule has 0 unspecified atom stereocenters. The molecule has 0 amide bonds. The Bertz CT molecular complexity index is 303. The molecule has 68 valence electrons. The van der Waals surface area contributed by atoms with Crippen LogP contribution < -0.4 is 0 Å². The van der Waals surface area contributed by atoms with Crippen LogP contribution in [-0.4, -0.2) is 22.3 Å². The van der Waals surface area contributed by atoms with Gasteiger partial charge in [0, 0.05) is 29.6 Å². The van der Waals surface area contributed by atoms with Gasteiger partial charge >= 0.3 is 0 Å². The molecule has 1 heterocycles. The second kappa shape index (κ2) is 5.40. The van der Waals surface area contributed by atoms with Gasteiger partial charge in [-0.15, -0.1) is 0 Å². The second-order valence-corrected chi connectivity index (χ2v) is 3.41. The summed E-state index contributed by atoms with van der Waals surface area (Å²) >= 11 is 1.48. The molecule has 0 N–H and O–H groups in total. The van der Waals surface area contributed by atoms with Crippen molar-refractivity contribution in [2.75, 3.05) is 12.3 Å². The third kappa shape index (κ3) is 3.78. The summed E-state index contributed by atoms with van der Waals surface area (Å²) in [6.07, 6.45) is 3.53. The zero-order valence-corrected chi connectivity index (χ0v) is 8.03. The number of thioether (sulfide) groups is 1. The van der Waals surface area contributed by atoms with Crippen molar-refractivity contribution in [3.05, 3.63) is 28.4 Å². The van der Waals surface area contributed by atoms with Gasteiger partial charge in [0.05, 0.1) is 0 Å². The standard InChI is InChI=1S/C7H9N5S/c1-6-4-9-7(10-5-6)13-3-2-11-12-8/h4-5H,2-3H2,1H3. The van der Waals surface area contributed by atoms with Crippen LogP contribution in [0.2, 0.25) is 0 Å². The lowest BCUT2D eigenvalue weighted by molar-refractivity contribution is 0.947. The first kappa shape index (κ1) is 9.83. The normalized spacial score (nSPS) is 9.31. The van der Waals surface area contributed by atoms with Crippen molar-refractivity contribution < 1.29 is 0 Å². The van der Waals surface area contributed by atoms with E-state index in [9.17, 15) is 0 Å². The molecule has 1 rings (SSSR count). The highest BCUT2D eigenvalue weighted by atomic mass is 32.2. The molecule has 1 aromatic rings. The molecular formula is C7H9N5S. The number of aryl methyl sites for hydroxylation is 1. The van der Waals surface area contributed by atoms with Crippen molar-refractivity contribution in [3.8, 4) is 0 Å². The highest BCUT2D eigenvalue weighted by molar-refractivity contribution is 7.99. The fraction of sp³-hybridized carbons (Fsp3) is 0.429. The van der Waals surface area contributed by atoms with Gasteiger partial charge < -0.3 is 0 Å². The van der Waals surface area contributed by atoms with Crippen molar-refractivity contribution in [2.24, 2.45) is 5.11 Å². The van der Waals surface area contributed by atoms with Gasteiger partial charge in [-0.1, -0.05) is 16.9 Å².